The maximum Gasteiger partial charge on any atom is 0.306 e. The molecule has 0 spiro atoms. The molecule has 0 atom stereocenters. The van der Waals surface area contributed by atoms with Crippen LogP contribution in [-0.2, 0) is 28.8 Å². The molecule has 3 nitrogen and oxygen atoms in total. The molecular weight excluding hydrogens is 444 g/mol. The summed E-state index contributed by atoms with van der Waals surface area (Å²) in [7, 11) is 0. The average Bonchev–Trinajstić information content (AvgIpc) is 2.89. The fraction of sp³-hybridized carbons (Fsp3) is 0.788. The van der Waals surface area contributed by atoms with E-state index in [1.807, 2.05) is 26.0 Å². The van der Waals surface area contributed by atoms with Gasteiger partial charge in [-0.1, -0.05) is 142 Å². The Morgan fingerprint density at radius 1 is 0.639 bits per heavy atom. The molecule has 1 aromatic rings. The number of benzene rings is 1. The van der Waals surface area contributed by atoms with Gasteiger partial charge in [0.15, 0.2) is 0 Å². The summed E-state index contributed by atoms with van der Waals surface area (Å²) in [5.41, 5.74) is 3.06. The second-order valence-corrected chi connectivity index (χ2v) is 10.7. The van der Waals surface area contributed by atoms with Crippen LogP contribution in [0.1, 0.15) is 159 Å². The minimum Gasteiger partial charge on any atom is -0.507 e. The van der Waals surface area contributed by atoms with E-state index in [2.05, 4.69) is 6.92 Å². The van der Waals surface area contributed by atoms with Gasteiger partial charge in [0.25, 0.3) is 0 Å². The first-order valence-electron chi connectivity index (χ1n) is 15.6. The maximum atomic E-state index is 12.1. The van der Waals surface area contributed by atoms with Crippen molar-refractivity contribution in [2.45, 2.75) is 162 Å². The van der Waals surface area contributed by atoms with Crippen LogP contribution >= 0.6 is 0 Å². The zero-order valence-electron chi connectivity index (χ0n) is 24.2. The fourth-order valence-corrected chi connectivity index (χ4v) is 5.02. The molecule has 0 radical (unpaired) electrons. The molecular formula is C33H58O3. The highest BCUT2D eigenvalue weighted by molar-refractivity contribution is 5.69. The van der Waals surface area contributed by atoms with Gasteiger partial charge in [-0.2, -0.15) is 0 Å². The van der Waals surface area contributed by atoms with Crippen LogP contribution < -0.4 is 0 Å². The van der Waals surface area contributed by atoms with E-state index in [9.17, 15) is 9.90 Å². The molecule has 0 amide bonds. The molecule has 0 heterocycles. The summed E-state index contributed by atoms with van der Waals surface area (Å²) in [6.45, 7) is 6.93. The molecule has 0 aliphatic rings. The summed E-state index contributed by atoms with van der Waals surface area (Å²) in [5.74, 6) is 0.312. The number of hydrogen-bond donors (Lipinski definition) is 1. The lowest BCUT2D eigenvalue weighted by molar-refractivity contribution is -0.143. The van der Waals surface area contributed by atoms with E-state index in [1.165, 1.54) is 103 Å². The van der Waals surface area contributed by atoms with E-state index in [0.717, 1.165) is 42.4 Å². The van der Waals surface area contributed by atoms with Crippen LogP contribution in [0.4, 0.5) is 0 Å². The normalized spacial score (nSPS) is 11.2. The number of carbonyl (C=O) groups is 1. The van der Waals surface area contributed by atoms with E-state index in [-0.39, 0.29) is 5.97 Å². The van der Waals surface area contributed by atoms with Gasteiger partial charge in [-0.15, -0.1) is 0 Å². The van der Waals surface area contributed by atoms with Crippen LogP contribution in [0.15, 0.2) is 12.1 Å². The van der Waals surface area contributed by atoms with Crippen molar-refractivity contribution >= 4 is 5.97 Å². The van der Waals surface area contributed by atoms with Crippen molar-refractivity contribution in [3.8, 4) is 5.75 Å². The Balaban J connectivity index is 1.89. The topological polar surface area (TPSA) is 46.5 Å². The predicted molar refractivity (Wildman–Crippen MR) is 155 cm³/mol. The van der Waals surface area contributed by atoms with Crippen molar-refractivity contribution in [1.29, 1.82) is 0 Å². The average molecular weight is 503 g/mol. The highest BCUT2D eigenvalue weighted by atomic mass is 16.5. The van der Waals surface area contributed by atoms with Crippen LogP contribution in [0.25, 0.3) is 0 Å². The Morgan fingerprint density at radius 2 is 1.03 bits per heavy atom. The monoisotopic (exact) mass is 502 g/mol. The number of phenolic OH excluding ortho intramolecular Hbond substituents is 1. The van der Waals surface area contributed by atoms with Crippen LogP contribution in [0.2, 0.25) is 0 Å². The van der Waals surface area contributed by atoms with E-state index < -0.39 is 0 Å². The highest BCUT2D eigenvalue weighted by Gasteiger charge is 2.10. The van der Waals surface area contributed by atoms with Gasteiger partial charge in [-0.05, 0) is 42.4 Å². The number of carbonyl (C=O) groups excluding carboxylic acids is 1. The Labute approximate surface area is 223 Å². The summed E-state index contributed by atoms with van der Waals surface area (Å²) in [4.78, 5) is 12.1. The minimum atomic E-state index is -0.105. The molecule has 0 aliphatic carbocycles. The molecule has 1 N–H and O–H groups in total. The molecule has 0 aliphatic heterocycles. The first-order valence-corrected chi connectivity index (χ1v) is 15.6. The third kappa shape index (κ3) is 16.3. The summed E-state index contributed by atoms with van der Waals surface area (Å²) in [6, 6.07) is 4.05. The summed E-state index contributed by atoms with van der Waals surface area (Å²) >= 11 is 0. The maximum absolute atomic E-state index is 12.1. The first-order chi connectivity index (χ1) is 17.6. The molecule has 0 saturated heterocycles. The smallest absolute Gasteiger partial charge is 0.306 e. The second kappa shape index (κ2) is 22.7. The Kier molecular flexibility index (Phi) is 20.5. The van der Waals surface area contributed by atoms with Gasteiger partial charge in [0.1, 0.15) is 5.75 Å². The molecule has 0 saturated carbocycles. The van der Waals surface area contributed by atoms with Crippen LogP contribution in [0, 0.1) is 0 Å². The molecule has 1 aromatic carbocycles. The quantitative estimate of drug-likeness (QED) is 0.113. The van der Waals surface area contributed by atoms with Crippen LogP contribution in [-0.4, -0.2) is 17.7 Å². The van der Waals surface area contributed by atoms with Crippen LogP contribution in [0.3, 0.4) is 0 Å². The van der Waals surface area contributed by atoms with E-state index in [1.54, 1.807) is 0 Å². The van der Waals surface area contributed by atoms with Gasteiger partial charge in [0.2, 0.25) is 0 Å². The van der Waals surface area contributed by atoms with Crippen molar-refractivity contribution in [2.75, 3.05) is 6.61 Å². The molecule has 0 fully saturated rings. The fourth-order valence-electron chi connectivity index (χ4n) is 5.02. The van der Waals surface area contributed by atoms with Crippen molar-refractivity contribution in [3.63, 3.8) is 0 Å². The largest absolute Gasteiger partial charge is 0.507 e. The Bertz CT molecular complexity index is 642. The summed E-state index contributed by atoms with van der Waals surface area (Å²) in [6.07, 6.45) is 27.2. The van der Waals surface area contributed by atoms with Gasteiger partial charge < -0.3 is 9.84 Å². The SMILES string of the molecule is CCCCCCCCCCCCCCCCCCCCOC(=O)CCc1cc(CC)c(O)c(CC)c1. The molecule has 208 valence electrons. The van der Waals surface area contributed by atoms with E-state index >= 15 is 0 Å². The highest BCUT2D eigenvalue weighted by Crippen LogP contribution is 2.26. The lowest BCUT2D eigenvalue weighted by Gasteiger charge is -2.11. The number of rotatable bonds is 24. The van der Waals surface area contributed by atoms with Gasteiger partial charge in [-0.3, -0.25) is 4.79 Å². The Morgan fingerprint density at radius 3 is 1.42 bits per heavy atom. The molecule has 0 unspecified atom stereocenters. The number of esters is 1. The van der Waals surface area contributed by atoms with Crippen molar-refractivity contribution in [3.05, 3.63) is 28.8 Å². The second-order valence-electron chi connectivity index (χ2n) is 10.7. The summed E-state index contributed by atoms with van der Waals surface area (Å²) in [5, 5.41) is 10.2. The number of ether oxygens (including phenoxy) is 1. The van der Waals surface area contributed by atoms with Crippen molar-refractivity contribution < 1.29 is 14.6 Å². The van der Waals surface area contributed by atoms with Crippen molar-refractivity contribution in [1.82, 2.24) is 0 Å². The molecule has 36 heavy (non-hydrogen) atoms. The Hall–Kier alpha value is -1.51. The first kappa shape index (κ1) is 32.5. The zero-order chi connectivity index (χ0) is 26.3. The standard InChI is InChI=1S/C33H58O3/c1-4-7-8-9-10-11-12-13-14-15-16-17-18-19-20-21-22-23-26-36-32(34)25-24-29-27-30(5-2)33(35)31(6-3)28-29/h27-28,35H,4-26H2,1-3H3. The minimum absolute atomic E-state index is 0.105. The number of aryl methyl sites for hydroxylation is 3. The number of aromatic hydroxyl groups is 1. The lowest BCUT2D eigenvalue weighted by Crippen LogP contribution is -2.07. The van der Waals surface area contributed by atoms with Gasteiger partial charge in [0.05, 0.1) is 6.61 Å². The number of unbranched alkanes of at least 4 members (excludes halogenated alkanes) is 17. The predicted octanol–water partition coefficient (Wildman–Crippen LogP) is 10.0. The summed E-state index contributed by atoms with van der Waals surface area (Å²) < 4.78 is 5.44. The molecule has 1 rings (SSSR count). The van der Waals surface area contributed by atoms with Crippen LogP contribution in [0.5, 0.6) is 5.75 Å². The van der Waals surface area contributed by atoms with Gasteiger partial charge in [-0.25, -0.2) is 0 Å². The van der Waals surface area contributed by atoms with E-state index in [4.69, 9.17) is 4.74 Å². The molecule has 0 bridgehead atoms. The van der Waals surface area contributed by atoms with Gasteiger partial charge >= 0.3 is 5.97 Å². The van der Waals surface area contributed by atoms with Crippen molar-refractivity contribution in [2.24, 2.45) is 0 Å². The third-order valence-electron chi connectivity index (χ3n) is 7.47. The van der Waals surface area contributed by atoms with Gasteiger partial charge in [0, 0.05) is 6.42 Å². The molecule has 3 heteroatoms. The number of hydrogen-bond acceptors (Lipinski definition) is 3. The number of phenols is 1. The molecule has 0 aromatic heterocycles. The van der Waals surface area contributed by atoms with E-state index in [0.29, 0.717) is 25.2 Å². The zero-order valence-corrected chi connectivity index (χ0v) is 24.2. The third-order valence-corrected chi connectivity index (χ3v) is 7.47. The lowest BCUT2D eigenvalue weighted by atomic mass is 9.98.